The van der Waals surface area contributed by atoms with E-state index in [2.05, 4.69) is 15.5 Å². The zero-order valence-corrected chi connectivity index (χ0v) is 16.9. The molecule has 0 atom stereocenters. The number of hydrogen-bond acceptors (Lipinski definition) is 7. The summed E-state index contributed by atoms with van der Waals surface area (Å²) in [6.45, 7) is 2.77. The lowest BCUT2D eigenvalue weighted by molar-refractivity contribution is -0.113. The van der Waals surface area contributed by atoms with Crippen molar-refractivity contribution in [2.45, 2.75) is 18.6 Å². The summed E-state index contributed by atoms with van der Waals surface area (Å²) in [6, 6.07) is 9.23. The summed E-state index contributed by atoms with van der Waals surface area (Å²) < 4.78 is 12.5. The number of hydrogen-bond donors (Lipinski definition) is 1. The van der Waals surface area contributed by atoms with Gasteiger partial charge in [-0.25, -0.2) is 0 Å². The largest absolute Gasteiger partial charge is 0.497 e. The maximum absolute atomic E-state index is 12.4. The van der Waals surface area contributed by atoms with E-state index < -0.39 is 0 Å². The molecular formula is C18H20N4O3S2. The monoisotopic (exact) mass is 404 g/mol. The lowest BCUT2D eigenvalue weighted by Crippen LogP contribution is -2.14. The SMILES string of the molecule is CCn1c(SCC(=O)Nc2cc(OC)cc(OC)c2)nnc1-c1cccs1. The predicted molar refractivity (Wildman–Crippen MR) is 108 cm³/mol. The second kappa shape index (κ2) is 8.92. The summed E-state index contributed by atoms with van der Waals surface area (Å²) in [7, 11) is 3.14. The smallest absolute Gasteiger partial charge is 0.234 e. The minimum atomic E-state index is -0.140. The van der Waals surface area contributed by atoms with Crippen molar-refractivity contribution in [1.82, 2.24) is 14.8 Å². The minimum Gasteiger partial charge on any atom is -0.497 e. The van der Waals surface area contributed by atoms with Crippen molar-refractivity contribution in [3.05, 3.63) is 35.7 Å². The van der Waals surface area contributed by atoms with Crippen molar-refractivity contribution in [2.75, 3.05) is 25.3 Å². The molecule has 0 spiro atoms. The third kappa shape index (κ3) is 4.61. The quantitative estimate of drug-likeness (QED) is 0.576. The van der Waals surface area contributed by atoms with Crippen LogP contribution in [0.3, 0.4) is 0 Å². The Balaban J connectivity index is 1.66. The molecule has 3 rings (SSSR count). The molecule has 27 heavy (non-hydrogen) atoms. The Kier molecular flexibility index (Phi) is 6.36. The van der Waals surface area contributed by atoms with E-state index in [1.54, 1.807) is 43.8 Å². The van der Waals surface area contributed by atoms with Crippen molar-refractivity contribution >= 4 is 34.7 Å². The van der Waals surface area contributed by atoms with Gasteiger partial charge in [0.05, 0.1) is 24.8 Å². The summed E-state index contributed by atoms with van der Waals surface area (Å²) in [5.74, 6) is 2.14. The number of carbonyl (C=O) groups excluding carboxylic acids is 1. The van der Waals surface area contributed by atoms with Crippen LogP contribution in [0.5, 0.6) is 11.5 Å². The fraction of sp³-hybridized carbons (Fsp3) is 0.278. The molecule has 0 bridgehead atoms. The van der Waals surface area contributed by atoms with Gasteiger partial charge in [-0.15, -0.1) is 21.5 Å². The van der Waals surface area contributed by atoms with Gasteiger partial charge in [-0.3, -0.25) is 4.79 Å². The van der Waals surface area contributed by atoms with Crippen molar-refractivity contribution < 1.29 is 14.3 Å². The van der Waals surface area contributed by atoms with Gasteiger partial charge < -0.3 is 19.4 Å². The molecule has 142 valence electrons. The van der Waals surface area contributed by atoms with Gasteiger partial charge in [-0.1, -0.05) is 17.8 Å². The summed E-state index contributed by atoms with van der Waals surface area (Å²) in [5, 5.41) is 14.1. The molecule has 0 radical (unpaired) electrons. The minimum absolute atomic E-state index is 0.140. The zero-order chi connectivity index (χ0) is 19.2. The molecule has 0 unspecified atom stereocenters. The van der Waals surface area contributed by atoms with Crippen LogP contribution in [0.1, 0.15) is 6.92 Å². The number of nitrogens with zero attached hydrogens (tertiary/aromatic N) is 3. The maximum atomic E-state index is 12.4. The number of nitrogens with one attached hydrogen (secondary N) is 1. The molecule has 0 saturated heterocycles. The number of carbonyl (C=O) groups is 1. The van der Waals surface area contributed by atoms with Crippen LogP contribution in [0.15, 0.2) is 40.9 Å². The molecule has 9 heteroatoms. The normalized spacial score (nSPS) is 10.6. The highest BCUT2D eigenvalue weighted by atomic mass is 32.2. The molecule has 1 N–H and O–H groups in total. The van der Waals surface area contributed by atoms with E-state index in [4.69, 9.17) is 9.47 Å². The number of thioether (sulfide) groups is 1. The molecule has 0 aliphatic heterocycles. The van der Waals surface area contributed by atoms with Crippen LogP contribution in [-0.4, -0.2) is 40.6 Å². The van der Waals surface area contributed by atoms with E-state index in [1.165, 1.54) is 11.8 Å². The standard InChI is InChI=1S/C18H20N4O3S2/c1-4-22-17(15-6-5-7-26-15)20-21-18(22)27-11-16(23)19-12-8-13(24-2)10-14(9-12)25-3/h5-10H,4,11H2,1-3H3,(H,19,23). The van der Waals surface area contributed by atoms with Crippen molar-refractivity contribution in [1.29, 1.82) is 0 Å². The topological polar surface area (TPSA) is 78.3 Å². The van der Waals surface area contributed by atoms with Crippen molar-refractivity contribution in [3.8, 4) is 22.2 Å². The van der Waals surface area contributed by atoms with Crippen LogP contribution in [0, 0.1) is 0 Å². The Bertz CT molecular complexity index is 887. The molecule has 0 aliphatic carbocycles. The van der Waals surface area contributed by atoms with Crippen molar-refractivity contribution in [3.63, 3.8) is 0 Å². The van der Waals surface area contributed by atoms with Gasteiger partial charge in [0.1, 0.15) is 11.5 Å². The predicted octanol–water partition coefficient (Wildman–Crippen LogP) is 3.77. The first-order valence-corrected chi connectivity index (χ1v) is 10.1. The van der Waals surface area contributed by atoms with Gasteiger partial charge >= 0.3 is 0 Å². The highest BCUT2D eigenvalue weighted by Crippen LogP contribution is 2.28. The molecule has 2 aromatic heterocycles. The lowest BCUT2D eigenvalue weighted by atomic mass is 10.2. The van der Waals surface area contributed by atoms with Gasteiger partial charge in [-0.05, 0) is 18.4 Å². The number of rotatable bonds is 8. The second-order valence-electron chi connectivity index (χ2n) is 5.47. The number of anilines is 1. The number of ether oxygens (including phenoxy) is 2. The first kappa shape index (κ1) is 19.2. The van der Waals surface area contributed by atoms with Crippen molar-refractivity contribution in [2.24, 2.45) is 0 Å². The van der Waals surface area contributed by atoms with E-state index in [9.17, 15) is 4.79 Å². The van der Waals surface area contributed by atoms with Crippen LogP contribution >= 0.6 is 23.1 Å². The molecule has 2 heterocycles. The molecular weight excluding hydrogens is 384 g/mol. The fourth-order valence-electron chi connectivity index (χ4n) is 2.48. The molecule has 0 fully saturated rings. The Hall–Kier alpha value is -2.52. The molecule has 1 aromatic carbocycles. The Morgan fingerprint density at radius 2 is 1.96 bits per heavy atom. The van der Waals surface area contributed by atoms with Crippen LogP contribution in [0.2, 0.25) is 0 Å². The number of thiophene rings is 1. The Labute approximate surface area is 165 Å². The Morgan fingerprint density at radius 1 is 1.22 bits per heavy atom. The van der Waals surface area contributed by atoms with Crippen LogP contribution in [0.4, 0.5) is 5.69 Å². The first-order chi connectivity index (χ1) is 13.1. The molecule has 3 aromatic rings. The van der Waals surface area contributed by atoms with Gasteiger partial charge in [-0.2, -0.15) is 0 Å². The highest BCUT2D eigenvalue weighted by molar-refractivity contribution is 7.99. The van der Waals surface area contributed by atoms with E-state index in [0.717, 1.165) is 22.4 Å². The van der Waals surface area contributed by atoms with E-state index in [-0.39, 0.29) is 11.7 Å². The number of benzene rings is 1. The number of amides is 1. The van der Waals surface area contributed by atoms with E-state index in [0.29, 0.717) is 17.2 Å². The summed E-state index contributed by atoms with van der Waals surface area (Å²) in [5.41, 5.74) is 0.619. The number of methoxy groups -OCH3 is 2. The van der Waals surface area contributed by atoms with Gasteiger partial charge in [0.25, 0.3) is 0 Å². The van der Waals surface area contributed by atoms with Gasteiger partial charge in [0, 0.05) is 30.4 Å². The average molecular weight is 405 g/mol. The fourth-order valence-corrected chi connectivity index (χ4v) is 4.00. The Morgan fingerprint density at radius 3 is 2.56 bits per heavy atom. The van der Waals surface area contributed by atoms with Gasteiger partial charge in [0.2, 0.25) is 5.91 Å². The lowest BCUT2D eigenvalue weighted by Gasteiger charge is -2.10. The maximum Gasteiger partial charge on any atom is 0.234 e. The average Bonchev–Trinajstić information content (AvgIpc) is 3.34. The molecule has 7 nitrogen and oxygen atoms in total. The third-order valence-corrected chi connectivity index (χ3v) is 5.57. The molecule has 0 aliphatic rings. The molecule has 0 saturated carbocycles. The molecule has 1 amide bonds. The van der Waals surface area contributed by atoms with E-state index >= 15 is 0 Å². The second-order valence-corrected chi connectivity index (χ2v) is 7.36. The first-order valence-electron chi connectivity index (χ1n) is 8.27. The third-order valence-electron chi connectivity index (χ3n) is 3.74. The summed E-state index contributed by atoms with van der Waals surface area (Å²) in [4.78, 5) is 13.4. The summed E-state index contributed by atoms with van der Waals surface area (Å²) in [6.07, 6.45) is 0. The summed E-state index contributed by atoms with van der Waals surface area (Å²) >= 11 is 2.97. The zero-order valence-electron chi connectivity index (χ0n) is 15.3. The van der Waals surface area contributed by atoms with Crippen LogP contribution in [0.25, 0.3) is 10.7 Å². The van der Waals surface area contributed by atoms with E-state index in [1.807, 2.05) is 29.0 Å². The highest BCUT2D eigenvalue weighted by Gasteiger charge is 2.15. The number of aromatic nitrogens is 3. The van der Waals surface area contributed by atoms with Crippen LogP contribution < -0.4 is 14.8 Å². The van der Waals surface area contributed by atoms with Gasteiger partial charge in [0.15, 0.2) is 11.0 Å². The van der Waals surface area contributed by atoms with Crippen LogP contribution in [-0.2, 0) is 11.3 Å².